The molecule has 0 unspecified atom stereocenters. The van der Waals surface area contributed by atoms with Crippen LogP contribution in [-0.4, -0.2) is 48.2 Å². The number of nitrogens with zero attached hydrogens (tertiary/aromatic N) is 3. The fraction of sp³-hybridized carbons (Fsp3) is 0.360. The molecule has 1 saturated heterocycles. The molecule has 0 bridgehead atoms. The molecule has 4 rings (SSSR count). The predicted molar refractivity (Wildman–Crippen MR) is 137 cm³/mol. The molecule has 0 amide bonds. The maximum absolute atomic E-state index is 5.89. The van der Waals surface area contributed by atoms with Gasteiger partial charge in [0.1, 0.15) is 18.2 Å². The van der Waals surface area contributed by atoms with Gasteiger partial charge in [0, 0.05) is 34.6 Å². The van der Waals surface area contributed by atoms with E-state index in [1.807, 2.05) is 44.4 Å². The van der Waals surface area contributed by atoms with E-state index in [9.17, 15) is 0 Å². The zero-order chi connectivity index (χ0) is 23.0. The third-order valence-electron chi connectivity index (χ3n) is 5.62. The molecule has 7 nitrogen and oxygen atoms in total. The van der Waals surface area contributed by atoms with Crippen LogP contribution in [0.2, 0.25) is 0 Å². The van der Waals surface area contributed by atoms with E-state index in [-0.39, 0.29) is 0 Å². The molecule has 174 valence electrons. The van der Waals surface area contributed by atoms with E-state index in [2.05, 4.69) is 55.3 Å². The van der Waals surface area contributed by atoms with Crippen LogP contribution >= 0.6 is 11.9 Å². The fourth-order valence-electron chi connectivity index (χ4n) is 3.73. The molecule has 0 radical (unpaired) electrons. The van der Waals surface area contributed by atoms with Crippen LogP contribution in [0.15, 0.2) is 53.6 Å². The van der Waals surface area contributed by atoms with Gasteiger partial charge in [-0.15, -0.1) is 0 Å². The van der Waals surface area contributed by atoms with Gasteiger partial charge in [-0.1, -0.05) is 6.07 Å². The van der Waals surface area contributed by atoms with Crippen molar-refractivity contribution in [3.63, 3.8) is 0 Å². The lowest BCUT2D eigenvalue weighted by atomic mass is 10.2. The van der Waals surface area contributed by atoms with E-state index in [4.69, 9.17) is 4.74 Å². The fourth-order valence-corrected chi connectivity index (χ4v) is 4.36. The highest BCUT2D eigenvalue weighted by Gasteiger charge is 2.11. The summed E-state index contributed by atoms with van der Waals surface area (Å²) in [5.41, 5.74) is 4.11. The van der Waals surface area contributed by atoms with Crippen LogP contribution < -0.4 is 20.1 Å². The lowest BCUT2D eigenvalue weighted by Crippen LogP contribution is -2.25. The first-order chi connectivity index (χ1) is 16.1. The van der Waals surface area contributed by atoms with E-state index in [1.165, 1.54) is 36.4 Å². The Labute approximate surface area is 200 Å². The molecule has 33 heavy (non-hydrogen) atoms. The Morgan fingerprint density at radius 2 is 1.73 bits per heavy atom. The third kappa shape index (κ3) is 6.60. The lowest BCUT2D eigenvalue weighted by molar-refractivity contribution is 0.238. The summed E-state index contributed by atoms with van der Waals surface area (Å²) in [5.74, 6) is 2.20. The molecule has 1 fully saturated rings. The zero-order valence-electron chi connectivity index (χ0n) is 19.5. The van der Waals surface area contributed by atoms with Gasteiger partial charge < -0.3 is 15.4 Å². The second kappa shape index (κ2) is 11.4. The van der Waals surface area contributed by atoms with Gasteiger partial charge in [-0.3, -0.25) is 9.62 Å². The van der Waals surface area contributed by atoms with Crippen molar-refractivity contribution < 1.29 is 4.74 Å². The smallest absolute Gasteiger partial charge is 0.229 e. The third-order valence-corrected chi connectivity index (χ3v) is 6.48. The van der Waals surface area contributed by atoms with Gasteiger partial charge in [0.2, 0.25) is 5.95 Å². The summed E-state index contributed by atoms with van der Waals surface area (Å²) < 4.78 is 9.03. The molecule has 1 aliphatic rings. The summed E-state index contributed by atoms with van der Waals surface area (Å²) >= 11 is 1.60. The number of rotatable bonds is 10. The summed E-state index contributed by atoms with van der Waals surface area (Å²) in [6.07, 6.45) is 4.44. The van der Waals surface area contributed by atoms with Crippen LogP contribution in [0, 0.1) is 13.8 Å². The van der Waals surface area contributed by atoms with Gasteiger partial charge >= 0.3 is 0 Å². The van der Waals surface area contributed by atoms with Crippen molar-refractivity contribution in [3.05, 3.63) is 59.8 Å². The van der Waals surface area contributed by atoms with Crippen molar-refractivity contribution >= 4 is 35.1 Å². The maximum Gasteiger partial charge on any atom is 0.229 e. The lowest BCUT2D eigenvalue weighted by Gasteiger charge is -2.15. The molecular weight excluding hydrogens is 432 g/mol. The average molecular weight is 465 g/mol. The Morgan fingerprint density at radius 1 is 0.970 bits per heavy atom. The number of aryl methyl sites for hydroxylation is 2. The molecule has 1 aliphatic heterocycles. The Kier molecular flexibility index (Phi) is 8.04. The molecular formula is C25H32N6OS. The highest BCUT2D eigenvalue weighted by molar-refractivity contribution is 7.97. The maximum atomic E-state index is 5.89. The molecule has 3 aromatic rings. The van der Waals surface area contributed by atoms with Crippen LogP contribution in [0.4, 0.5) is 23.1 Å². The van der Waals surface area contributed by atoms with Crippen LogP contribution in [0.1, 0.15) is 24.0 Å². The van der Waals surface area contributed by atoms with Crippen LogP contribution in [0.25, 0.3) is 0 Å². The van der Waals surface area contributed by atoms with Crippen molar-refractivity contribution in [1.82, 2.24) is 19.6 Å². The van der Waals surface area contributed by atoms with Gasteiger partial charge in [-0.2, -0.15) is 4.98 Å². The van der Waals surface area contributed by atoms with Crippen molar-refractivity contribution in [1.29, 1.82) is 0 Å². The quantitative estimate of drug-likeness (QED) is 0.350. The Hall–Kier alpha value is -2.81. The molecule has 3 N–H and O–H groups in total. The number of aromatic nitrogens is 2. The predicted octanol–water partition coefficient (Wildman–Crippen LogP) is 5.28. The van der Waals surface area contributed by atoms with Crippen LogP contribution in [-0.2, 0) is 0 Å². The number of ether oxygens (including phenoxy) is 1. The van der Waals surface area contributed by atoms with Crippen molar-refractivity contribution in [2.75, 3.05) is 43.9 Å². The van der Waals surface area contributed by atoms with Crippen molar-refractivity contribution in [2.45, 2.75) is 31.6 Å². The summed E-state index contributed by atoms with van der Waals surface area (Å²) in [6.45, 7) is 8.20. The van der Waals surface area contributed by atoms with E-state index >= 15 is 0 Å². The summed E-state index contributed by atoms with van der Waals surface area (Å²) in [5, 5.41) is 6.71. The first kappa shape index (κ1) is 23.4. The van der Waals surface area contributed by atoms with Gasteiger partial charge in [-0.05, 0) is 101 Å². The minimum atomic E-state index is 0.544. The number of likely N-dealkylation sites (tertiary alicyclic amines) is 1. The number of hydrogen-bond acceptors (Lipinski definition) is 8. The zero-order valence-corrected chi connectivity index (χ0v) is 20.3. The van der Waals surface area contributed by atoms with Gasteiger partial charge in [0.15, 0.2) is 0 Å². The topological polar surface area (TPSA) is 74.3 Å². The van der Waals surface area contributed by atoms with Gasteiger partial charge in [0.25, 0.3) is 0 Å². The summed E-state index contributed by atoms with van der Waals surface area (Å²) in [4.78, 5) is 12.8. The standard InChI is InChI=1S/C25H32N6OS/c1-18-6-7-21(16-23(18)33-26-3)28-24-19(2)17-27-25(30-24)29-20-8-10-22(11-9-20)32-15-14-31-12-4-5-13-31/h6-11,16-17,26H,4-5,12-15H2,1-3H3,(H2,27,28,29,30). The first-order valence-corrected chi connectivity index (χ1v) is 12.2. The molecule has 0 spiro atoms. The summed E-state index contributed by atoms with van der Waals surface area (Å²) in [7, 11) is 1.92. The van der Waals surface area contributed by atoms with E-state index < -0.39 is 0 Å². The molecule has 2 heterocycles. The number of anilines is 4. The SMILES string of the molecule is CNSc1cc(Nc2nc(Nc3ccc(OCCN4CCCC4)cc3)ncc2C)ccc1C. The number of nitrogens with one attached hydrogen (secondary N) is 3. The number of benzene rings is 2. The van der Waals surface area contributed by atoms with E-state index in [0.29, 0.717) is 5.95 Å². The Balaban J connectivity index is 1.37. The molecule has 8 heteroatoms. The monoisotopic (exact) mass is 464 g/mol. The second-order valence-electron chi connectivity index (χ2n) is 8.18. The molecule has 0 atom stereocenters. The highest BCUT2D eigenvalue weighted by Crippen LogP contribution is 2.27. The molecule has 0 saturated carbocycles. The molecule has 1 aromatic heterocycles. The van der Waals surface area contributed by atoms with Gasteiger partial charge in [0.05, 0.1) is 0 Å². The normalized spacial score (nSPS) is 13.8. The minimum absolute atomic E-state index is 0.544. The van der Waals surface area contributed by atoms with Gasteiger partial charge in [-0.25, -0.2) is 4.98 Å². The van der Waals surface area contributed by atoms with Crippen LogP contribution in [0.3, 0.4) is 0 Å². The molecule has 0 aliphatic carbocycles. The Morgan fingerprint density at radius 3 is 2.48 bits per heavy atom. The first-order valence-electron chi connectivity index (χ1n) is 11.4. The van der Waals surface area contributed by atoms with Crippen molar-refractivity contribution in [2.24, 2.45) is 0 Å². The van der Waals surface area contributed by atoms with E-state index in [1.54, 1.807) is 11.9 Å². The van der Waals surface area contributed by atoms with Crippen LogP contribution in [0.5, 0.6) is 5.75 Å². The largest absolute Gasteiger partial charge is 0.492 e. The Bertz CT molecular complexity index is 1050. The van der Waals surface area contributed by atoms with Crippen molar-refractivity contribution in [3.8, 4) is 5.75 Å². The second-order valence-corrected chi connectivity index (χ2v) is 9.24. The molecule has 2 aromatic carbocycles. The average Bonchev–Trinajstić information content (AvgIpc) is 3.33. The number of hydrogen-bond donors (Lipinski definition) is 3. The highest BCUT2D eigenvalue weighted by atomic mass is 32.2. The summed E-state index contributed by atoms with van der Waals surface area (Å²) in [6, 6.07) is 14.2. The van der Waals surface area contributed by atoms with E-state index in [0.717, 1.165) is 41.7 Å². The minimum Gasteiger partial charge on any atom is -0.492 e.